The van der Waals surface area contributed by atoms with Gasteiger partial charge in [-0.2, -0.15) is 5.26 Å². The molecule has 1 N–H and O–H groups in total. The van der Waals surface area contributed by atoms with Crippen LogP contribution in [-0.4, -0.2) is 5.91 Å². The van der Waals surface area contributed by atoms with Crippen molar-refractivity contribution in [1.82, 2.24) is 0 Å². The number of carbonyl (C=O) groups is 1. The van der Waals surface area contributed by atoms with Crippen LogP contribution >= 0.6 is 0 Å². The highest BCUT2D eigenvalue weighted by molar-refractivity contribution is 6.04. The van der Waals surface area contributed by atoms with Crippen LogP contribution in [0.15, 0.2) is 36.4 Å². The van der Waals surface area contributed by atoms with Gasteiger partial charge in [0.2, 0.25) is 0 Å². The van der Waals surface area contributed by atoms with Gasteiger partial charge in [0, 0.05) is 5.69 Å². The molecule has 2 aromatic rings. The second kappa shape index (κ2) is 5.45. The maximum absolute atomic E-state index is 13.4. The van der Waals surface area contributed by atoms with E-state index in [0.717, 1.165) is 24.3 Å². The molecule has 0 saturated carbocycles. The Morgan fingerprint density at radius 2 is 1.85 bits per heavy atom. The number of benzene rings is 2. The summed E-state index contributed by atoms with van der Waals surface area (Å²) in [5.41, 5.74) is -0.632. The average Bonchev–Trinajstić information content (AvgIpc) is 2.43. The van der Waals surface area contributed by atoms with Crippen molar-refractivity contribution < 1.29 is 18.0 Å². The topological polar surface area (TPSA) is 52.9 Å². The van der Waals surface area contributed by atoms with E-state index in [-0.39, 0.29) is 11.3 Å². The van der Waals surface area contributed by atoms with Crippen molar-refractivity contribution in [2.24, 2.45) is 0 Å². The van der Waals surface area contributed by atoms with Gasteiger partial charge >= 0.3 is 0 Å². The predicted octanol–water partition coefficient (Wildman–Crippen LogP) is 3.23. The molecular weight excluding hydrogens is 269 g/mol. The van der Waals surface area contributed by atoms with E-state index < -0.39 is 28.9 Å². The molecule has 100 valence electrons. The number of hydrogen-bond acceptors (Lipinski definition) is 2. The number of nitrogens with one attached hydrogen (secondary N) is 1. The maximum atomic E-state index is 13.4. The number of halogens is 3. The Labute approximate surface area is 112 Å². The van der Waals surface area contributed by atoms with Crippen LogP contribution in [0.2, 0.25) is 0 Å². The molecule has 6 heteroatoms. The first kappa shape index (κ1) is 13.6. The van der Waals surface area contributed by atoms with Gasteiger partial charge in [0.1, 0.15) is 11.9 Å². The number of nitrogens with zero attached hydrogens (tertiary/aromatic N) is 1. The highest BCUT2D eigenvalue weighted by Gasteiger charge is 2.15. The molecule has 0 spiro atoms. The Bertz CT molecular complexity index is 723. The van der Waals surface area contributed by atoms with Gasteiger partial charge in [0.05, 0.1) is 11.1 Å². The Balaban J connectivity index is 2.29. The van der Waals surface area contributed by atoms with E-state index in [1.165, 1.54) is 12.1 Å². The minimum Gasteiger partial charge on any atom is -0.322 e. The van der Waals surface area contributed by atoms with Crippen LogP contribution in [0, 0.1) is 28.8 Å². The molecule has 0 aliphatic heterocycles. The van der Waals surface area contributed by atoms with Crippen LogP contribution in [-0.2, 0) is 0 Å². The first-order valence-corrected chi connectivity index (χ1v) is 5.48. The normalized spacial score (nSPS) is 9.90. The quantitative estimate of drug-likeness (QED) is 0.915. The standard InChI is InChI=1S/C14H7F3N2O/c15-11-5-4-9(6-8(11)7-18)19-14(20)10-2-1-3-12(16)13(10)17/h1-6H,(H,19,20). The summed E-state index contributed by atoms with van der Waals surface area (Å²) in [5.74, 6) is -4.04. The SMILES string of the molecule is N#Cc1cc(NC(=O)c2cccc(F)c2F)ccc1F. The first-order valence-electron chi connectivity index (χ1n) is 5.48. The number of hydrogen-bond donors (Lipinski definition) is 1. The van der Waals surface area contributed by atoms with Crippen LogP contribution in [0.5, 0.6) is 0 Å². The molecule has 0 bridgehead atoms. The van der Waals surface area contributed by atoms with Gasteiger partial charge in [0.15, 0.2) is 11.6 Å². The van der Waals surface area contributed by atoms with Crippen molar-refractivity contribution in [3.8, 4) is 6.07 Å². The lowest BCUT2D eigenvalue weighted by molar-refractivity contribution is 0.102. The fourth-order valence-electron chi connectivity index (χ4n) is 1.57. The van der Waals surface area contributed by atoms with Gasteiger partial charge in [-0.05, 0) is 30.3 Å². The summed E-state index contributed by atoms with van der Waals surface area (Å²) in [6, 6.07) is 8.11. The van der Waals surface area contributed by atoms with Crippen molar-refractivity contribution in [2.45, 2.75) is 0 Å². The van der Waals surface area contributed by atoms with E-state index in [2.05, 4.69) is 5.32 Å². The molecule has 0 aliphatic carbocycles. The molecule has 0 fully saturated rings. The molecule has 20 heavy (non-hydrogen) atoms. The number of amides is 1. The van der Waals surface area contributed by atoms with Crippen molar-refractivity contribution in [1.29, 1.82) is 5.26 Å². The summed E-state index contributed by atoms with van der Waals surface area (Å²) in [6.07, 6.45) is 0. The summed E-state index contributed by atoms with van der Waals surface area (Å²) < 4.78 is 39.5. The van der Waals surface area contributed by atoms with Gasteiger partial charge in [-0.3, -0.25) is 4.79 Å². The van der Waals surface area contributed by atoms with E-state index in [4.69, 9.17) is 5.26 Å². The van der Waals surface area contributed by atoms with Crippen LogP contribution < -0.4 is 5.32 Å². The van der Waals surface area contributed by atoms with E-state index in [1.54, 1.807) is 6.07 Å². The molecule has 3 nitrogen and oxygen atoms in total. The predicted molar refractivity (Wildman–Crippen MR) is 65.4 cm³/mol. The number of nitriles is 1. The van der Waals surface area contributed by atoms with Crippen molar-refractivity contribution >= 4 is 11.6 Å². The summed E-state index contributed by atoms with van der Waals surface area (Å²) in [6.45, 7) is 0. The number of anilines is 1. The molecule has 2 rings (SSSR count). The van der Waals surface area contributed by atoms with Crippen molar-refractivity contribution in [3.05, 3.63) is 65.0 Å². The molecule has 1 amide bonds. The maximum Gasteiger partial charge on any atom is 0.258 e. The molecule has 0 heterocycles. The zero-order valence-corrected chi connectivity index (χ0v) is 9.95. The largest absolute Gasteiger partial charge is 0.322 e. The molecule has 0 atom stereocenters. The monoisotopic (exact) mass is 276 g/mol. The van der Waals surface area contributed by atoms with E-state index >= 15 is 0 Å². The molecular formula is C14H7F3N2O. The van der Waals surface area contributed by atoms with Crippen molar-refractivity contribution in [3.63, 3.8) is 0 Å². The Kier molecular flexibility index (Phi) is 3.71. The van der Waals surface area contributed by atoms with Crippen LogP contribution in [0.3, 0.4) is 0 Å². The third kappa shape index (κ3) is 2.62. The van der Waals surface area contributed by atoms with Gasteiger partial charge < -0.3 is 5.32 Å². The van der Waals surface area contributed by atoms with Crippen LogP contribution in [0.25, 0.3) is 0 Å². The fraction of sp³-hybridized carbons (Fsp3) is 0. The Morgan fingerprint density at radius 3 is 2.55 bits per heavy atom. The van der Waals surface area contributed by atoms with E-state index in [0.29, 0.717) is 0 Å². The first-order chi connectivity index (χ1) is 9.52. The molecule has 0 aromatic heterocycles. The number of carbonyl (C=O) groups excluding carboxylic acids is 1. The molecule has 0 radical (unpaired) electrons. The minimum absolute atomic E-state index is 0.108. The lowest BCUT2D eigenvalue weighted by Crippen LogP contribution is -2.14. The zero-order valence-electron chi connectivity index (χ0n) is 9.95. The molecule has 2 aromatic carbocycles. The van der Waals surface area contributed by atoms with Gasteiger partial charge in [-0.1, -0.05) is 6.07 Å². The average molecular weight is 276 g/mol. The molecule has 0 aliphatic rings. The fourth-order valence-corrected chi connectivity index (χ4v) is 1.57. The summed E-state index contributed by atoms with van der Waals surface area (Å²) >= 11 is 0. The smallest absolute Gasteiger partial charge is 0.258 e. The lowest BCUT2D eigenvalue weighted by atomic mass is 10.1. The summed E-state index contributed by atoms with van der Waals surface area (Å²) in [4.78, 5) is 11.8. The summed E-state index contributed by atoms with van der Waals surface area (Å²) in [5, 5.41) is 10.9. The van der Waals surface area contributed by atoms with Crippen LogP contribution in [0.4, 0.5) is 18.9 Å². The number of rotatable bonds is 2. The molecule has 0 unspecified atom stereocenters. The highest BCUT2D eigenvalue weighted by atomic mass is 19.2. The Morgan fingerprint density at radius 1 is 1.10 bits per heavy atom. The van der Waals surface area contributed by atoms with E-state index in [1.807, 2.05) is 0 Å². The van der Waals surface area contributed by atoms with Gasteiger partial charge in [-0.25, -0.2) is 13.2 Å². The highest BCUT2D eigenvalue weighted by Crippen LogP contribution is 2.17. The second-order valence-corrected chi connectivity index (χ2v) is 3.86. The third-order valence-corrected chi connectivity index (χ3v) is 2.54. The zero-order chi connectivity index (χ0) is 14.7. The molecule has 0 saturated heterocycles. The van der Waals surface area contributed by atoms with Crippen molar-refractivity contribution in [2.75, 3.05) is 5.32 Å². The lowest BCUT2D eigenvalue weighted by Gasteiger charge is -2.07. The Hall–Kier alpha value is -2.81. The van der Waals surface area contributed by atoms with Gasteiger partial charge in [0.25, 0.3) is 5.91 Å². The summed E-state index contributed by atoms with van der Waals surface area (Å²) in [7, 11) is 0. The van der Waals surface area contributed by atoms with Gasteiger partial charge in [-0.15, -0.1) is 0 Å². The minimum atomic E-state index is -1.27. The second-order valence-electron chi connectivity index (χ2n) is 3.86. The third-order valence-electron chi connectivity index (χ3n) is 2.54. The van der Waals surface area contributed by atoms with E-state index in [9.17, 15) is 18.0 Å². The van der Waals surface area contributed by atoms with Crippen LogP contribution in [0.1, 0.15) is 15.9 Å².